The quantitative estimate of drug-likeness (QED) is 0.554. The van der Waals surface area contributed by atoms with Gasteiger partial charge in [-0.25, -0.2) is 4.79 Å². The lowest BCUT2D eigenvalue weighted by molar-refractivity contribution is 0.344. The van der Waals surface area contributed by atoms with Gasteiger partial charge in [0.05, 0.1) is 27.6 Å². The molecule has 2 N–H and O–H groups in total. The molecule has 0 saturated heterocycles. The van der Waals surface area contributed by atoms with Crippen LogP contribution in [-0.2, 0) is 6.42 Å². The van der Waals surface area contributed by atoms with Crippen LogP contribution in [0.5, 0.6) is 17.5 Å². The van der Waals surface area contributed by atoms with Crippen LogP contribution < -0.4 is 16.0 Å². The molecule has 0 spiro atoms. The highest BCUT2D eigenvalue weighted by Gasteiger charge is 2.20. The molecule has 0 aliphatic heterocycles. The number of nitrogens with one attached hydrogen (secondary N) is 1. The minimum absolute atomic E-state index is 0.00252. The molecule has 12 heteroatoms. The molecule has 1 aliphatic carbocycles. The Morgan fingerprint density at radius 1 is 1.21 bits per heavy atom. The first-order valence-corrected chi connectivity index (χ1v) is 11.0. The fourth-order valence-corrected chi connectivity index (χ4v) is 4.32. The molecular formula is C21H18Cl2N6O4. The molecule has 1 saturated carbocycles. The molecule has 10 nitrogen and oxygen atoms in total. The summed E-state index contributed by atoms with van der Waals surface area (Å²) in [4.78, 5) is 34.0. The zero-order valence-corrected chi connectivity index (χ0v) is 18.7. The SMILES string of the molecule is N#Cc1nn(-c2cc(Cl)c(Oc3ncc(O)c(CC4CCCCC4)n3)c(Cl)c2)c(=O)[nH]c1=O. The van der Waals surface area contributed by atoms with E-state index in [1.807, 2.05) is 4.98 Å². The predicted molar refractivity (Wildman–Crippen MR) is 119 cm³/mol. The summed E-state index contributed by atoms with van der Waals surface area (Å²) in [5.74, 6) is 0.479. The van der Waals surface area contributed by atoms with Crippen LogP contribution >= 0.6 is 23.2 Å². The van der Waals surface area contributed by atoms with Crippen molar-refractivity contribution in [2.75, 3.05) is 0 Å². The Morgan fingerprint density at radius 2 is 1.91 bits per heavy atom. The summed E-state index contributed by atoms with van der Waals surface area (Å²) < 4.78 is 6.49. The molecule has 2 heterocycles. The van der Waals surface area contributed by atoms with Crippen LogP contribution in [0.25, 0.3) is 5.69 Å². The van der Waals surface area contributed by atoms with Gasteiger partial charge in [0.2, 0.25) is 5.69 Å². The average Bonchev–Trinajstić information content (AvgIpc) is 2.79. The van der Waals surface area contributed by atoms with Crippen molar-refractivity contribution in [2.24, 2.45) is 5.92 Å². The Morgan fingerprint density at radius 3 is 2.58 bits per heavy atom. The number of aromatic nitrogens is 5. The van der Waals surface area contributed by atoms with Gasteiger partial charge in [0.25, 0.3) is 5.56 Å². The smallest absolute Gasteiger partial charge is 0.349 e. The number of aromatic hydroxyl groups is 1. The second-order valence-corrected chi connectivity index (χ2v) is 8.48. The van der Waals surface area contributed by atoms with Crippen molar-refractivity contribution in [3.05, 3.63) is 60.6 Å². The van der Waals surface area contributed by atoms with E-state index >= 15 is 0 Å². The van der Waals surface area contributed by atoms with Gasteiger partial charge in [0, 0.05) is 0 Å². The van der Waals surface area contributed by atoms with E-state index < -0.39 is 16.9 Å². The van der Waals surface area contributed by atoms with Crippen LogP contribution in [0, 0.1) is 17.2 Å². The zero-order valence-electron chi connectivity index (χ0n) is 17.2. The summed E-state index contributed by atoms with van der Waals surface area (Å²) >= 11 is 12.6. The number of hydrogen-bond acceptors (Lipinski definition) is 8. The van der Waals surface area contributed by atoms with E-state index in [-0.39, 0.29) is 33.2 Å². The summed E-state index contributed by atoms with van der Waals surface area (Å²) in [7, 11) is 0. The van der Waals surface area contributed by atoms with E-state index in [2.05, 4.69) is 15.1 Å². The molecule has 0 amide bonds. The first-order valence-electron chi connectivity index (χ1n) is 10.2. The molecule has 170 valence electrons. The molecule has 33 heavy (non-hydrogen) atoms. The van der Waals surface area contributed by atoms with Crippen molar-refractivity contribution in [1.29, 1.82) is 5.26 Å². The topological polar surface area (TPSA) is 147 Å². The minimum Gasteiger partial charge on any atom is -0.504 e. The Kier molecular flexibility index (Phi) is 6.62. The molecule has 2 aromatic heterocycles. The van der Waals surface area contributed by atoms with Gasteiger partial charge < -0.3 is 9.84 Å². The van der Waals surface area contributed by atoms with E-state index in [1.165, 1.54) is 37.6 Å². The van der Waals surface area contributed by atoms with Gasteiger partial charge in [-0.2, -0.15) is 19.9 Å². The fourth-order valence-electron chi connectivity index (χ4n) is 3.76. The fraction of sp³-hybridized carbons (Fsp3) is 0.333. The largest absolute Gasteiger partial charge is 0.504 e. The molecule has 1 fully saturated rings. The number of halogens is 2. The molecule has 1 aliphatic rings. The lowest BCUT2D eigenvalue weighted by Gasteiger charge is -2.21. The predicted octanol–water partition coefficient (Wildman–Crippen LogP) is 3.51. The maximum atomic E-state index is 12.1. The van der Waals surface area contributed by atoms with Crippen LogP contribution in [0.3, 0.4) is 0 Å². The normalized spacial score (nSPS) is 14.1. The van der Waals surface area contributed by atoms with E-state index in [4.69, 9.17) is 33.2 Å². The number of H-pyrrole nitrogens is 1. The summed E-state index contributed by atoms with van der Waals surface area (Å²) in [5.41, 5.74) is -1.66. The maximum absolute atomic E-state index is 12.1. The van der Waals surface area contributed by atoms with E-state index in [9.17, 15) is 14.7 Å². The first-order chi connectivity index (χ1) is 15.9. The van der Waals surface area contributed by atoms with Gasteiger partial charge in [-0.3, -0.25) is 9.78 Å². The third kappa shape index (κ3) is 4.99. The van der Waals surface area contributed by atoms with Crippen LogP contribution in [0.2, 0.25) is 10.0 Å². The molecule has 3 aromatic rings. The Labute approximate surface area is 197 Å². The van der Waals surface area contributed by atoms with Gasteiger partial charge in [-0.05, 0) is 24.5 Å². The van der Waals surface area contributed by atoms with Gasteiger partial charge >= 0.3 is 11.7 Å². The van der Waals surface area contributed by atoms with E-state index in [0.29, 0.717) is 18.0 Å². The molecule has 0 bridgehead atoms. The summed E-state index contributed by atoms with van der Waals surface area (Å²) in [6, 6.07) is 4.23. The lowest BCUT2D eigenvalue weighted by atomic mass is 9.86. The number of aromatic amines is 1. The van der Waals surface area contributed by atoms with Crippen molar-refractivity contribution in [2.45, 2.75) is 38.5 Å². The van der Waals surface area contributed by atoms with Crippen molar-refractivity contribution in [3.8, 4) is 29.3 Å². The monoisotopic (exact) mass is 488 g/mol. The Balaban J connectivity index is 1.63. The highest BCUT2D eigenvalue weighted by Crippen LogP contribution is 2.38. The van der Waals surface area contributed by atoms with Crippen molar-refractivity contribution in [3.63, 3.8) is 0 Å². The number of nitrogens with zero attached hydrogens (tertiary/aromatic N) is 5. The summed E-state index contributed by atoms with van der Waals surface area (Å²) in [6.45, 7) is 0. The summed E-state index contributed by atoms with van der Waals surface area (Å²) in [6.07, 6.45) is 7.62. The zero-order chi connectivity index (χ0) is 23.5. The standard InChI is InChI=1S/C21H18Cl2N6O4/c22-13-7-12(29-21(32)27-19(31)16(9-24)28-29)8-14(23)18(13)33-20-25-10-17(30)15(26-20)6-11-4-2-1-3-5-11/h7-8,10-11,30H,1-6H2,(H,27,31,32). The number of ether oxygens (including phenoxy) is 1. The molecule has 0 unspecified atom stereocenters. The van der Waals surface area contributed by atoms with Crippen molar-refractivity contribution >= 4 is 23.2 Å². The molecule has 0 radical (unpaired) electrons. The molecular weight excluding hydrogens is 471 g/mol. The van der Waals surface area contributed by atoms with Gasteiger partial charge in [0.1, 0.15) is 6.07 Å². The highest BCUT2D eigenvalue weighted by molar-refractivity contribution is 6.37. The summed E-state index contributed by atoms with van der Waals surface area (Å²) in [5, 5.41) is 22.9. The molecule has 1 aromatic carbocycles. The van der Waals surface area contributed by atoms with Gasteiger partial charge in [-0.1, -0.05) is 55.3 Å². The number of hydrogen-bond donors (Lipinski definition) is 2. The maximum Gasteiger partial charge on any atom is 0.349 e. The number of rotatable bonds is 5. The van der Waals surface area contributed by atoms with E-state index in [1.54, 1.807) is 6.07 Å². The average molecular weight is 489 g/mol. The van der Waals surface area contributed by atoms with Crippen LogP contribution in [0.4, 0.5) is 0 Å². The molecule has 0 atom stereocenters. The first kappa shape index (κ1) is 22.8. The number of benzene rings is 1. The second-order valence-electron chi connectivity index (χ2n) is 7.66. The molecule has 4 rings (SSSR count). The van der Waals surface area contributed by atoms with Gasteiger partial charge in [-0.15, -0.1) is 5.10 Å². The Bertz CT molecular complexity index is 1340. The Hall–Kier alpha value is -3.42. The van der Waals surface area contributed by atoms with Crippen molar-refractivity contribution < 1.29 is 9.84 Å². The van der Waals surface area contributed by atoms with Crippen LogP contribution in [0.1, 0.15) is 43.5 Å². The van der Waals surface area contributed by atoms with E-state index in [0.717, 1.165) is 17.5 Å². The second kappa shape index (κ2) is 9.60. The number of nitriles is 1. The minimum atomic E-state index is -0.899. The third-order valence-electron chi connectivity index (χ3n) is 5.39. The van der Waals surface area contributed by atoms with Crippen molar-refractivity contribution in [1.82, 2.24) is 24.7 Å². The third-order valence-corrected chi connectivity index (χ3v) is 5.95. The van der Waals surface area contributed by atoms with Crippen LogP contribution in [0.15, 0.2) is 27.9 Å². The van der Waals surface area contributed by atoms with Gasteiger partial charge in [0.15, 0.2) is 11.5 Å². The highest BCUT2D eigenvalue weighted by atomic mass is 35.5. The lowest BCUT2D eigenvalue weighted by Crippen LogP contribution is -2.33. The van der Waals surface area contributed by atoms with Crippen LogP contribution in [-0.4, -0.2) is 29.8 Å².